The summed E-state index contributed by atoms with van der Waals surface area (Å²) in [5, 5.41) is 2.30. The molecule has 2 heteroatoms. The highest BCUT2D eigenvalue weighted by atomic mass is 16.3. The van der Waals surface area contributed by atoms with Gasteiger partial charge >= 0.3 is 0 Å². The van der Waals surface area contributed by atoms with E-state index in [0.717, 1.165) is 33.5 Å². The molecule has 5 aromatic carbocycles. The number of nitrogens with zero attached hydrogens (tertiary/aromatic N) is 1. The van der Waals surface area contributed by atoms with Crippen molar-refractivity contribution in [1.82, 2.24) is 0 Å². The largest absolute Gasteiger partial charge is 0.456 e. The van der Waals surface area contributed by atoms with Crippen molar-refractivity contribution in [2.24, 2.45) is 5.92 Å². The summed E-state index contributed by atoms with van der Waals surface area (Å²) in [6, 6.07) is 41.9. The van der Waals surface area contributed by atoms with Crippen LogP contribution in [0.2, 0.25) is 0 Å². The lowest BCUT2D eigenvalue weighted by Crippen LogP contribution is -2.19. The smallest absolute Gasteiger partial charge is 0.135 e. The molecule has 8 rings (SSSR count). The Morgan fingerprint density at radius 3 is 2.12 bits per heavy atom. The number of furan rings is 1. The molecule has 2 nitrogen and oxygen atoms in total. The SMILES string of the molecule is Cc1cc(-c2ccccc2)ccc1N(c1ccc(C23CCC(CC2)C3)cc1)c1ccc2oc3ccccc3c2c1. The van der Waals surface area contributed by atoms with Crippen LogP contribution < -0.4 is 4.90 Å². The first kappa shape index (κ1) is 23.6. The fourth-order valence-corrected chi connectivity index (χ4v) is 7.56. The third-order valence-electron chi connectivity index (χ3n) is 9.64. The molecular weight excluding hydrogens is 486 g/mol. The number of anilines is 3. The summed E-state index contributed by atoms with van der Waals surface area (Å²) in [6.45, 7) is 2.23. The van der Waals surface area contributed by atoms with Crippen LogP contribution >= 0.6 is 0 Å². The van der Waals surface area contributed by atoms with Crippen molar-refractivity contribution in [2.75, 3.05) is 4.90 Å². The van der Waals surface area contributed by atoms with Gasteiger partial charge in [0.05, 0.1) is 0 Å². The molecule has 1 heterocycles. The van der Waals surface area contributed by atoms with Crippen molar-refractivity contribution in [3.63, 3.8) is 0 Å². The molecule has 0 N–H and O–H groups in total. The van der Waals surface area contributed by atoms with Crippen LogP contribution in [0.25, 0.3) is 33.1 Å². The maximum Gasteiger partial charge on any atom is 0.135 e. The Bertz CT molecular complexity index is 1840. The van der Waals surface area contributed by atoms with Crippen LogP contribution in [0.3, 0.4) is 0 Å². The van der Waals surface area contributed by atoms with Crippen molar-refractivity contribution in [3.05, 3.63) is 126 Å². The lowest BCUT2D eigenvalue weighted by molar-refractivity contribution is 0.419. The van der Waals surface area contributed by atoms with E-state index in [1.54, 1.807) is 0 Å². The highest BCUT2D eigenvalue weighted by molar-refractivity contribution is 6.06. The summed E-state index contributed by atoms with van der Waals surface area (Å²) in [5.41, 5.74) is 11.0. The van der Waals surface area contributed by atoms with Crippen molar-refractivity contribution in [1.29, 1.82) is 0 Å². The highest BCUT2D eigenvalue weighted by Crippen LogP contribution is 2.55. The van der Waals surface area contributed by atoms with Crippen molar-refractivity contribution < 1.29 is 4.42 Å². The van der Waals surface area contributed by atoms with E-state index in [-0.39, 0.29) is 0 Å². The van der Waals surface area contributed by atoms with Crippen LogP contribution in [-0.4, -0.2) is 0 Å². The van der Waals surface area contributed by atoms with E-state index in [4.69, 9.17) is 4.42 Å². The number of rotatable bonds is 5. The van der Waals surface area contributed by atoms with Gasteiger partial charge in [-0.25, -0.2) is 0 Å². The van der Waals surface area contributed by atoms with Crippen molar-refractivity contribution in [3.8, 4) is 11.1 Å². The van der Waals surface area contributed by atoms with E-state index in [9.17, 15) is 0 Å². The van der Waals surface area contributed by atoms with Gasteiger partial charge in [-0.15, -0.1) is 0 Å². The molecule has 2 bridgehead atoms. The van der Waals surface area contributed by atoms with E-state index < -0.39 is 0 Å². The third kappa shape index (κ3) is 3.78. The third-order valence-corrected chi connectivity index (χ3v) is 9.64. The standard InChI is InChI=1S/C38H33NO/c1-26-23-29(28-7-3-2-4-8-28)11-17-35(26)39(31-14-12-30(13-15-31)38-21-19-27(25-38)20-22-38)32-16-18-37-34(24-32)33-9-5-6-10-36(33)40-37/h2-18,23-24,27H,19-22,25H2,1H3. The fraction of sp³-hybridized carbons (Fsp3) is 0.211. The van der Waals surface area contributed by atoms with Crippen molar-refractivity contribution in [2.45, 2.75) is 44.4 Å². The molecule has 2 fully saturated rings. The van der Waals surface area contributed by atoms with Crippen LogP contribution in [0.15, 0.2) is 120 Å². The van der Waals surface area contributed by atoms with Gasteiger partial charge in [0, 0.05) is 27.8 Å². The molecule has 0 aliphatic heterocycles. The van der Waals surface area contributed by atoms with Gasteiger partial charge in [0.25, 0.3) is 0 Å². The number of benzene rings is 5. The minimum Gasteiger partial charge on any atom is -0.456 e. The normalized spacial score (nSPS) is 20.0. The summed E-state index contributed by atoms with van der Waals surface area (Å²) in [6.07, 6.45) is 6.88. The minimum absolute atomic E-state index is 0.413. The highest BCUT2D eigenvalue weighted by Gasteiger charge is 2.45. The van der Waals surface area contributed by atoms with Gasteiger partial charge in [-0.2, -0.15) is 0 Å². The first-order valence-electron chi connectivity index (χ1n) is 14.6. The molecule has 2 aliphatic rings. The Morgan fingerprint density at radius 2 is 1.38 bits per heavy atom. The van der Waals surface area contributed by atoms with Crippen LogP contribution in [0, 0.1) is 12.8 Å². The Labute approximate surface area is 235 Å². The van der Waals surface area contributed by atoms with Crippen LogP contribution in [-0.2, 0) is 5.41 Å². The second-order valence-electron chi connectivity index (χ2n) is 12.0. The van der Waals surface area contributed by atoms with E-state index in [1.165, 1.54) is 65.7 Å². The van der Waals surface area contributed by atoms with Gasteiger partial charge in [-0.3, -0.25) is 0 Å². The van der Waals surface area contributed by atoms with Crippen molar-refractivity contribution >= 4 is 39.0 Å². The summed E-state index contributed by atoms with van der Waals surface area (Å²) < 4.78 is 6.17. The van der Waals surface area contributed by atoms with E-state index >= 15 is 0 Å². The molecular formula is C38H33NO. The molecule has 2 saturated carbocycles. The minimum atomic E-state index is 0.413. The summed E-state index contributed by atoms with van der Waals surface area (Å²) >= 11 is 0. The molecule has 0 amide bonds. The Hall–Kier alpha value is -4.30. The maximum absolute atomic E-state index is 6.17. The van der Waals surface area contributed by atoms with Gasteiger partial charge in [0.1, 0.15) is 11.2 Å². The second kappa shape index (κ2) is 9.13. The predicted molar refractivity (Wildman–Crippen MR) is 167 cm³/mol. The molecule has 40 heavy (non-hydrogen) atoms. The first-order chi connectivity index (χ1) is 19.7. The lowest BCUT2D eigenvalue weighted by Gasteiger charge is -2.30. The average Bonchev–Trinajstić information content (AvgIpc) is 3.73. The van der Waals surface area contributed by atoms with Gasteiger partial charge in [0.2, 0.25) is 0 Å². The van der Waals surface area contributed by atoms with Gasteiger partial charge in [-0.05, 0) is 121 Å². The molecule has 196 valence electrons. The zero-order valence-corrected chi connectivity index (χ0v) is 22.9. The van der Waals surface area contributed by atoms with Gasteiger partial charge < -0.3 is 9.32 Å². The zero-order valence-electron chi connectivity index (χ0n) is 22.9. The molecule has 2 aliphatic carbocycles. The number of para-hydroxylation sites is 1. The maximum atomic E-state index is 6.17. The van der Waals surface area contributed by atoms with Crippen LogP contribution in [0.4, 0.5) is 17.1 Å². The number of hydrogen-bond donors (Lipinski definition) is 0. The Morgan fingerprint density at radius 1 is 0.650 bits per heavy atom. The molecule has 0 atom stereocenters. The van der Waals surface area contributed by atoms with Crippen LogP contribution in [0.1, 0.15) is 43.2 Å². The molecule has 0 radical (unpaired) electrons. The fourth-order valence-electron chi connectivity index (χ4n) is 7.56. The number of fused-ring (bicyclic) bond motifs is 5. The summed E-state index contributed by atoms with van der Waals surface area (Å²) in [5.74, 6) is 0.943. The van der Waals surface area contributed by atoms with E-state index in [2.05, 4.69) is 115 Å². The molecule has 0 unspecified atom stereocenters. The average molecular weight is 520 g/mol. The number of aryl methyl sites for hydroxylation is 1. The van der Waals surface area contributed by atoms with Crippen LogP contribution in [0.5, 0.6) is 0 Å². The molecule has 0 saturated heterocycles. The summed E-state index contributed by atoms with van der Waals surface area (Å²) in [4.78, 5) is 2.42. The zero-order chi connectivity index (χ0) is 26.7. The molecule has 6 aromatic rings. The predicted octanol–water partition coefficient (Wildman–Crippen LogP) is 10.9. The molecule has 0 spiro atoms. The van der Waals surface area contributed by atoms with Gasteiger partial charge in [-0.1, -0.05) is 66.7 Å². The number of hydrogen-bond acceptors (Lipinski definition) is 2. The van der Waals surface area contributed by atoms with E-state index in [0.29, 0.717) is 5.41 Å². The Kier molecular flexibility index (Phi) is 5.38. The van der Waals surface area contributed by atoms with Gasteiger partial charge in [0.15, 0.2) is 0 Å². The second-order valence-corrected chi connectivity index (χ2v) is 12.0. The summed E-state index contributed by atoms with van der Waals surface area (Å²) in [7, 11) is 0. The van der Waals surface area contributed by atoms with E-state index in [1.807, 2.05) is 12.1 Å². The molecule has 1 aromatic heterocycles. The topological polar surface area (TPSA) is 16.4 Å². The quantitative estimate of drug-likeness (QED) is 0.225. The lowest BCUT2D eigenvalue weighted by atomic mass is 9.78. The monoisotopic (exact) mass is 519 g/mol. The first-order valence-corrected chi connectivity index (χ1v) is 14.6. The Balaban J connectivity index is 1.26.